The number of hydrogen-bond donors (Lipinski definition) is 3. The number of aromatic amines is 1. The smallest absolute Gasteiger partial charge is 0.280 e. The number of aromatic nitrogens is 4. The molecule has 0 saturated carbocycles. The second kappa shape index (κ2) is 9.04. The minimum absolute atomic E-state index is 0.0925. The first-order valence-electron chi connectivity index (χ1n) is 12.0. The van der Waals surface area contributed by atoms with Crippen molar-refractivity contribution in [3.8, 4) is 39.3 Å². The van der Waals surface area contributed by atoms with E-state index in [1.807, 2.05) is 78.9 Å². The third kappa shape index (κ3) is 3.86. The molecule has 0 radical (unpaired) electrons. The maximum atomic E-state index is 14.1. The van der Waals surface area contributed by atoms with Crippen molar-refractivity contribution in [2.45, 2.75) is 13.3 Å². The van der Waals surface area contributed by atoms with E-state index in [4.69, 9.17) is 4.98 Å². The highest BCUT2D eigenvalue weighted by atomic mass is 16.3. The molecule has 0 aliphatic carbocycles. The van der Waals surface area contributed by atoms with Crippen molar-refractivity contribution in [1.82, 2.24) is 19.6 Å². The molecule has 6 aromatic rings. The van der Waals surface area contributed by atoms with E-state index in [-0.39, 0.29) is 24.3 Å². The van der Waals surface area contributed by atoms with Crippen molar-refractivity contribution < 1.29 is 10.2 Å². The van der Waals surface area contributed by atoms with Crippen LogP contribution in [-0.4, -0.2) is 36.4 Å². The Morgan fingerprint density at radius 2 is 1.54 bits per heavy atom. The van der Waals surface area contributed by atoms with Crippen LogP contribution in [0.4, 0.5) is 0 Å². The zero-order valence-corrected chi connectivity index (χ0v) is 20.1. The van der Waals surface area contributed by atoms with Crippen LogP contribution in [0.1, 0.15) is 11.4 Å². The molecule has 0 bridgehead atoms. The van der Waals surface area contributed by atoms with Gasteiger partial charge in [-0.1, -0.05) is 66.7 Å². The van der Waals surface area contributed by atoms with E-state index in [2.05, 4.69) is 10.1 Å². The Morgan fingerprint density at radius 1 is 0.838 bits per heavy atom. The maximum absolute atomic E-state index is 14.1. The van der Waals surface area contributed by atoms with Crippen LogP contribution in [0.2, 0.25) is 0 Å². The zero-order valence-electron chi connectivity index (χ0n) is 20.1. The Kier molecular flexibility index (Phi) is 5.54. The SMILES string of the molecule is Cc1nc2ccc(-c3c(CCO)nc4c(-c5ccccc5)c(-c5ccccc5)[nH]n4c3=O)cc2cc1O. The van der Waals surface area contributed by atoms with Gasteiger partial charge in [-0.15, -0.1) is 0 Å². The van der Waals surface area contributed by atoms with Gasteiger partial charge in [0.25, 0.3) is 5.56 Å². The van der Waals surface area contributed by atoms with Crippen molar-refractivity contribution in [1.29, 1.82) is 0 Å². The van der Waals surface area contributed by atoms with Crippen molar-refractivity contribution in [2.24, 2.45) is 0 Å². The van der Waals surface area contributed by atoms with Gasteiger partial charge in [-0.05, 0) is 36.2 Å². The third-order valence-electron chi connectivity index (χ3n) is 6.60. The minimum Gasteiger partial charge on any atom is -0.506 e. The van der Waals surface area contributed by atoms with Crippen molar-refractivity contribution in [3.63, 3.8) is 0 Å². The van der Waals surface area contributed by atoms with E-state index < -0.39 is 0 Å². The first kappa shape index (κ1) is 22.7. The van der Waals surface area contributed by atoms with Gasteiger partial charge < -0.3 is 10.2 Å². The fourth-order valence-corrected chi connectivity index (χ4v) is 4.80. The highest BCUT2D eigenvalue weighted by Crippen LogP contribution is 2.35. The van der Waals surface area contributed by atoms with E-state index in [0.29, 0.717) is 33.5 Å². The molecule has 0 aliphatic rings. The van der Waals surface area contributed by atoms with Crippen molar-refractivity contribution >= 4 is 16.6 Å². The van der Waals surface area contributed by atoms with Crippen LogP contribution in [0, 0.1) is 6.92 Å². The van der Waals surface area contributed by atoms with Crippen LogP contribution in [-0.2, 0) is 6.42 Å². The summed E-state index contributed by atoms with van der Waals surface area (Å²) in [6.45, 7) is 1.59. The average molecular weight is 489 g/mol. The van der Waals surface area contributed by atoms with Gasteiger partial charge in [0.2, 0.25) is 0 Å². The molecule has 7 nitrogen and oxygen atoms in total. The standard InChI is InChI=1S/C30H24N4O3/c1-18-25(36)17-22-16-21(12-13-23(22)31-18)26-24(14-15-35)32-29-27(19-8-4-2-5-9-19)28(33-34(29)30(26)37)20-10-6-3-7-11-20/h2-13,16-17,33,35-36H,14-15H2,1H3. The number of nitrogens with one attached hydrogen (secondary N) is 1. The van der Waals surface area contributed by atoms with E-state index in [9.17, 15) is 15.0 Å². The Hall–Kier alpha value is -4.75. The second-order valence-corrected chi connectivity index (χ2v) is 8.97. The molecule has 0 saturated heterocycles. The fourth-order valence-electron chi connectivity index (χ4n) is 4.80. The number of pyridine rings is 1. The average Bonchev–Trinajstić information content (AvgIpc) is 3.30. The molecular formula is C30H24N4O3. The van der Waals surface area contributed by atoms with Gasteiger partial charge in [-0.3, -0.25) is 9.89 Å². The number of aromatic hydroxyl groups is 1. The summed E-state index contributed by atoms with van der Waals surface area (Å²) < 4.78 is 1.48. The molecule has 6 rings (SSSR count). The summed E-state index contributed by atoms with van der Waals surface area (Å²) in [5.41, 5.74) is 6.49. The molecule has 3 aromatic heterocycles. The Bertz CT molecular complexity index is 1820. The lowest BCUT2D eigenvalue weighted by atomic mass is 9.99. The number of H-pyrrole nitrogens is 1. The quantitative estimate of drug-likeness (QED) is 0.313. The molecule has 0 spiro atoms. The molecule has 0 fully saturated rings. The number of aliphatic hydroxyl groups excluding tert-OH is 1. The summed E-state index contributed by atoms with van der Waals surface area (Å²) in [6, 6.07) is 26.8. The van der Waals surface area contributed by atoms with Crippen LogP contribution < -0.4 is 5.56 Å². The predicted octanol–water partition coefficient (Wildman–Crippen LogP) is 5.12. The number of nitrogens with zero attached hydrogens (tertiary/aromatic N) is 3. The monoisotopic (exact) mass is 488 g/mol. The molecule has 0 aliphatic heterocycles. The highest BCUT2D eigenvalue weighted by molar-refractivity contribution is 5.91. The van der Waals surface area contributed by atoms with Gasteiger partial charge in [0.1, 0.15) is 5.75 Å². The molecule has 3 aromatic carbocycles. The van der Waals surface area contributed by atoms with Gasteiger partial charge in [0.15, 0.2) is 5.65 Å². The van der Waals surface area contributed by atoms with Crippen LogP contribution >= 0.6 is 0 Å². The van der Waals surface area contributed by atoms with Crippen LogP contribution in [0.25, 0.3) is 50.1 Å². The molecule has 0 amide bonds. The number of aryl methyl sites for hydroxylation is 1. The molecule has 0 atom stereocenters. The topological polar surface area (TPSA) is 104 Å². The first-order chi connectivity index (χ1) is 18.0. The van der Waals surface area contributed by atoms with Gasteiger partial charge in [0, 0.05) is 24.0 Å². The normalized spacial score (nSPS) is 11.4. The lowest BCUT2D eigenvalue weighted by Gasteiger charge is -2.10. The third-order valence-corrected chi connectivity index (χ3v) is 6.60. The molecule has 7 heteroatoms. The van der Waals surface area contributed by atoms with Gasteiger partial charge in [-0.2, -0.15) is 4.52 Å². The van der Waals surface area contributed by atoms with Crippen LogP contribution in [0.3, 0.4) is 0 Å². The van der Waals surface area contributed by atoms with Gasteiger partial charge >= 0.3 is 0 Å². The van der Waals surface area contributed by atoms with Crippen LogP contribution in [0.15, 0.2) is 89.7 Å². The van der Waals surface area contributed by atoms with E-state index in [1.165, 1.54) is 4.52 Å². The molecule has 3 N–H and O–H groups in total. The Labute approximate surface area is 212 Å². The van der Waals surface area contributed by atoms with Gasteiger partial charge in [0.05, 0.1) is 33.7 Å². The zero-order chi connectivity index (χ0) is 25.5. The Morgan fingerprint density at radius 3 is 2.24 bits per heavy atom. The lowest BCUT2D eigenvalue weighted by Crippen LogP contribution is -2.21. The van der Waals surface area contributed by atoms with Crippen molar-refractivity contribution in [3.05, 3.63) is 107 Å². The summed E-state index contributed by atoms with van der Waals surface area (Å²) in [7, 11) is 0. The van der Waals surface area contributed by atoms with Gasteiger partial charge in [-0.25, -0.2) is 9.97 Å². The second-order valence-electron chi connectivity index (χ2n) is 8.97. The van der Waals surface area contributed by atoms with E-state index in [1.54, 1.807) is 13.0 Å². The summed E-state index contributed by atoms with van der Waals surface area (Å²) in [4.78, 5) is 23.4. The molecular weight excluding hydrogens is 464 g/mol. The summed E-state index contributed by atoms with van der Waals surface area (Å²) >= 11 is 0. The predicted molar refractivity (Wildman–Crippen MR) is 145 cm³/mol. The molecule has 0 unspecified atom stereocenters. The molecule has 3 heterocycles. The van der Waals surface area contributed by atoms with Crippen LogP contribution in [0.5, 0.6) is 5.75 Å². The molecule has 182 valence electrons. The number of benzene rings is 3. The number of aliphatic hydroxyl groups is 1. The van der Waals surface area contributed by atoms with E-state index in [0.717, 1.165) is 27.9 Å². The summed E-state index contributed by atoms with van der Waals surface area (Å²) in [5, 5.41) is 24.1. The maximum Gasteiger partial charge on any atom is 0.280 e. The Balaban J connectivity index is 1.67. The van der Waals surface area contributed by atoms with Crippen molar-refractivity contribution in [2.75, 3.05) is 6.61 Å². The highest BCUT2D eigenvalue weighted by Gasteiger charge is 2.22. The first-order valence-corrected chi connectivity index (χ1v) is 12.0. The lowest BCUT2D eigenvalue weighted by molar-refractivity contribution is 0.298. The number of fused-ring (bicyclic) bond motifs is 2. The minimum atomic E-state index is -0.267. The number of rotatable bonds is 5. The number of hydrogen-bond acceptors (Lipinski definition) is 5. The molecule has 37 heavy (non-hydrogen) atoms. The largest absolute Gasteiger partial charge is 0.506 e. The fraction of sp³-hybridized carbons (Fsp3) is 0.100. The summed E-state index contributed by atoms with van der Waals surface area (Å²) in [5.74, 6) is 0.0925. The summed E-state index contributed by atoms with van der Waals surface area (Å²) in [6.07, 6.45) is 0.219. The van der Waals surface area contributed by atoms with E-state index >= 15 is 0 Å².